The first-order valence-corrected chi connectivity index (χ1v) is 5.79. The van der Waals surface area contributed by atoms with Crippen molar-refractivity contribution in [1.29, 1.82) is 0 Å². The van der Waals surface area contributed by atoms with Gasteiger partial charge in [-0.15, -0.1) is 0 Å². The predicted octanol–water partition coefficient (Wildman–Crippen LogP) is 1.20. The quantitative estimate of drug-likeness (QED) is 0.822. The highest BCUT2D eigenvalue weighted by atomic mass is 16.1. The fourth-order valence-corrected chi connectivity index (χ4v) is 1.92. The van der Waals surface area contributed by atoms with Gasteiger partial charge in [-0.3, -0.25) is 9.69 Å². The van der Waals surface area contributed by atoms with Crippen LogP contribution in [-0.2, 0) is 11.2 Å². The maximum Gasteiger partial charge on any atom is 0.225 e. The van der Waals surface area contributed by atoms with E-state index in [1.807, 2.05) is 24.3 Å². The molecule has 0 aliphatic carbocycles. The third-order valence-electron chi connectivity index (χ3n) is 2.82. The Labute approximate surface area is 96.5 Å². The number of carbonyl (C=O) groups excluding carboxylic acids is 1. The van der Waals surface area contributed by atoms with E-state index in [2.05, 4.69) is 16.3 Å². The van der Waals surface area contributed by atoms with Crippen molar-refractivity contribution in [3.8, 4) is 0 Å². The zero-order chi connectivity index (χ0) is 11.2. The van der Waals surface area contributed by atoms with Crippen LogP contribution in [-0.4, -0.2) is 30.6 Å². The van der Waals surface area contributed by atoms with E-state index in [-0.39, 0.29) is 5.91 Å². The Morgan fingerprint density at radius 3 is 2.88 bits per heavy atom. The molecule has 0 atom stereocenters. The van der Waals surface area contributed by atoms with Crippen molar-refractivity contribution < 1.29 is 4.79 Å². The second-order valence-corrected chi connectivity index (χ2v) is 4.15. The highest BCUT2D eigenvalue weighted by Gasteiger charge is 2.11. The van der Waals surface area contributed by atoms with E-state index >= 15 is 0 Å². The van der Waals surface area contributed by atoms with Crippen LogP contribution in [0.3, 0.4) is 0 Å². The first-order chi connectivity index (χ1) is 7.84. The lowest BCUT2D eigenvalue weighted by molar-refractivity contribution is -0.121. The Balaban J connectivity index is 1.72. The summed E-state index contributed by atoms with van der Waals surface area (Å²) >= 11 is 0. The molecule has 0 aromatic heterocycles. The molecule has 3 heteroatoms. The monoisotopic (exact) mass is 217 g/mol. The Hall–Kier alpha value is -1.35. The smallest absolute Gasteiger partial charge is 0.225 e. The SMILES string of the molecule is O=C(Cc1[c]cccc1)NCN1CCCC1. The van der Waals surface area contributed by atoms with Gasteiger partial charge < -0.3 is 5.32 Å². The molecule has 0 saturated carbocycles. The largest absolute Gasteiger partial charge is 0.343 e. The molecule has 1 aromatic rings. The van der Waals surface area contributed by atoms with Gasteiger partial charge >= 0.3 is 0 Å². The predicted molar refractivity (Wildman–Crippen MR) is 62.8 cm³/mol. The molecule has 0 unspecified atom stereocenters. The number of rotatable bonds is 4. The highest BCUT2D eigenvalue weighted by Crippen LogP contribution is 2.05. The fraction of sp³-hybridized carbons (Fsp3) is 0.462. The summed E-state index contributed by atoms with van der Waals surface area (Å²) in [6, 6.07) is 10.7. The first kappa shape index (κ1) is 11.1. The summed E-state index contributed by atoms with van der Waals surface area (Å²) in [5.41, 5.74) is 0.946. The summed E-state index contributed by atoms with van der Waals surface area (Å²) in [5, 5.41) is 2.94. The molecule has 85 valence electrons. The topological polar surface area (TPSA) is 32.3 Å². The van der Waals surface area contributed by atoms with Crippen molar-refractivity contribution in [2.75, 3.05) is 19.8 Å². The van der Waals surface area contributed by atoms with E-state index in [1.165, 1.54) is 12.8 Å². The molecule has 1 aliphatic heterocycles. The maximum absolute atomic E-state index is 11.6. The number of amides is 1. The number of benzene rings is 1. The van der Waals surface area contributed by atoms with E-state index in [9.17, 15) is 4.79 Å². The zero-order valence-corrected chi connectivity index (χ0v) is 9.41. The summed E-state index contributed by atoms with van der Waals surface area (Å²) < 4.78 is 0. The van der Waals surface area contributed by atoms with Crippen LogP contribution >= 0.6 is 0 Å². The lowest BCUT2D eigenvalue weighted by atomic mass is 10.1. The summed E-state index contributed by atoms with van der Waals surface area (Å²) in [7, 11) is 0. The summed E-state index contributed by atoms with van der Waals surface area (Å²) in [6.07, 6.45) is 2.93. The molecule has 0 spiro atoms. The van der Waals surface area contributed by atoms with Crippen molar-refractivity contribution in [1.82, 2.24) is 10.2 Å². The van der Waals surface area contributed by atoms with Crippen LogP contribution in [0.4, 0.5) is 0 Å². The van der Waals surface area contributed by atoms with Crippen molar-refractivity contribution >= 4 is 5.91 Å². The molecule has 1 N–H and O–H groups in total. The molecule has 1 radical (unpaired) electrons. The van der Waals surface area contributed by atoms with Crippen LogP contribution in [0.25, 0.3) is 0 Å². The third-order valence-corrected chi connectivity index (χ3v) is 2.82. The first-order valence-electron chi connectivity index (χ1n) is 5.79. The molecular formula is C13H17N2O. The minimum Gasteiger partial charge on any atom is -0.343 e. The van der Waals surface area contributed by atoms with E-state index < -0.39 is 0 Å². The van der Waals surface area contributed by atoms with Crippen LogP contribution in [0, 0.1) is 6.07 Å². The molecule has 1 saturated heterocycles. The van der Waals surface area contributed by atoms with E-state index in [0.29, 0.717) is 13.1 Å². The van der Waals surface area contributed by atoms with Crippen molar-refractivity contribution in [3.05, 3.63) is 35.9 Å². The highest BCUT2D eigenvalue weighted by molar-refractivity contribution is 5.78. The van der Waals surface area contributed by atoms with Gasteiger partial charge in [0.15, 0.2) is 0 Å². The van der Waals surface area contributed by atoms with Gasteiger partial charge in [-0.1, -0.05) is 24.3 Å². The van der Waals surface area contributed by atoms with E-state index in [1.54, 1.807) is 0 Å². The zero-order valence-electron chi connectivity index (χ0n) is 9.41. The van der Waals surface area contributed by atoms with Gasteiger partial charge in [-0.25, -0.2) is 0 Å². The molecular weight excluding hydrogens is 200 g/mol. The van der Waals surface area contributed by atoms with Gasteiger partial charge in [-0.05, 0) is 37.6 Å². The second-order valence-electron chi connectivity index (χ2n) is 4.15. The minimum atomic E-state index is 0.0781. The number of nitrogens with zero attached hydrogens (tertiary/aromatic N) is 1. The Morgan fingerprint density at radius 1 is 1.38 bits per heavy atom. The molecule has 1 aromatic carbocycles. The third kappa shape index (κ3) is 3.35. The lowest BCUT2D eigenvalue weighted by Crippen LogP contribution is -2.36. The number of hydrogen-bond acceptors (Lipinski definition) is 2. The van der Waals surface area contributed by atoms with Gasteiger partial charge in [0.25, 0.3) is 0 Å². The Bertz CT molecular complexity index is 331. The molecule has 1 fully saturated rings. The van der Waals surface area contributed by atoms with Crippen LogP contribution < -0.4 is 5.32 Å². The van der Waals surface area contributed by atoms with Crippen LogP contribution in [0.15, 0.2) is 24.3 Å². The molecule has 3 nitrogen and oxygen atoms in total. The average Bonchev–Trinajstić information content (AvgIpc) is 2.81. The van der Waals surface area contributed by atoms with Crippen molar-refractivity contribution in [2.24, 2.45) is 0 Å². The summed E-state index contributed by atoms with van der Waals surface area (Å²) in [4.78, 5) is 13.9. The molecule has 1 heterocycles. The average molecular weight is 217 g/mol. The number of hydrogen-bond donors (Lipinski definition) is 1. The molecule has 1 amide bonds. The second kappa shape index (κ2) is 5.66. The molecule has 1 aliphatic rings. The van der Waals surface area contributed by atoms with Gasteiger partial charge in [0.1, 0.15) is 0 Å². The van der Waals surface area contributed by atoms with E-state index in [4.69, 9.17) is 0 Å². The number of nitrogens with one attached hydrogen (secondary N) is 1. The standard InChI is InChI=1S/C13H17N2O/c16-13(10-12-6-2-1-3-7-12)14-11-15-8-4-5-9-15/h1-3,6H,4-5,8-11H2,(H,14,16). The van der Waals surface area contributed by atoms with Gasteiger partial charge in [-0.2, -0.15) is 0 Å². The van der Waals surface area contributed by atoms with Crippen molar-refractivity contribution in [3.63, 3.8) is 0 Å². The number of carbonyl (C=O) groups is 1. The molecule has 2 rings (SSSR count). The van der Waals surface area contributed by atoms with Gasteiger partial charge in [0, 0.05) is 0 Å². The normalized spacial score (nSPS) is 16.2. The minimum absolute atomic E-state index is 0.0781. The van der Waals surface area contributed by atoms with Crippen LogP contribution in [0.2, 0.25) is 0 Å². The maximum atomic E-state index is 11.6. The van der Waals surface area contributed by atoms with E-state index in [0.717, 1.165) is 18.7 Å². The summed E-state index contributed by atoms with van der Waals surface area (Å²) in [6.45, 7) is 2.90. The fourth-order valence-electron chi connectivity index (χ4n) is 1.92. The van der Waals surface area contributed by atoms with Gasteiger partial charge in [0.2, 0.25) is 5.91 Å². The van der Waals surface area contributed by atoms with Crippen molar-refractivity contribution in [2.45, 2.75) is 19.3 Å². The lowest BCUT2D eigenvalue weighted by Gasteiger charge is -2.15. The Morgan fingerprint density at radius 2 is 2.19 bits per heavy atom. The molecule has 0 bridgehead atoms. The van der Waals surface area contributed by atoms with Crippen LogP contribution in [0.1, 0.15) is 18.4 Å². The molecule has 16 heavy (non-hydrogen) atoms. The summed E-state index contributed by atoms with van der Waals surface area (Å²) in [5.74, 6) is 0.0781. The number of likely N-dealkylation sites (tertiary alicyclic amines) is 1. The van der Waals surface area contributed by atoms with Gasteiger partial charge in [0.05, 0.1) is 13.1 Å². The Kier molecular flexibility index (Phi) is 3.94. The van der Waals surface area contributed by atoms with Crippen LogP contribution in [0.5, 0.6) is 0 Å².